The Labute approximate surface area is 204 Å². The molecule has 182 valence electrons. The number of rotatable bonds is 6. The van der Waals surface area contributed by atoms with Gasteiger partial charge in [0.2, 0.25) is 0 Å². The summed E-state index contributed by atoms with van der Waals surface area (Å²) in [6.07, 6.45) is 1.29. The van der Waals surface area contributed by atoms with Gasteiger partial charge in [0.05, 0.1) is 29.4 Å². The number of nitrogens with zero attached hydrogens (tertiary/aromatic N) is 1. The van der Waals surface area contributed by atoms with Crippen molar-refractivity contribution < 1.29 is 19.4 Å². The zero-order chi connectivity index (χ0) is 24.6. The minimum Gasteiger partial charge on any atom is -0.390 e. The number of carbonyl (C=O) groups is 2. The number of benzene rings is 1. The van der Waals surface area contributed by atoms with Gasteiger partial charge in [-0.15, -0.1) is 0 Å². The van der Waals surface area contributed by atoms with Crippen LogP contribution >= 0.6 is 11.6 Å². The summed E-state index contributed by atoms with van der Waals surface area (Å²) in [5.41, 5.74) is 4.53. The van der Waals surface area contributed by atoms with Gasteiger partial charge in [0.1, 0.15) is 0 Å². The van der Waals surface area contributed by atoms with Gasteiger partial charge in [-0.3, -0.25) is 14.5 Å². The van der Waals surface area contributed by atoms with Crippen molar-refractivity contribution in [3.05, 3.63) is 51.3 Å². The molecular formula is C25H31ClN4O4. The number of ether oxygens (including phenoxy) is 1. The predicted octanol–water partition coefficient (Wildman–Crippen LogP) is 2.98. The molecule has 3 atom stereocenters. The van der Waals surface area contributed by atoms with Crippen LogP contribution < -0.4 is 10.6 Å². The molecular weight excluding hydrogens is 456 g/mol. The lowest BCUT2D eigenvalue weighted by molar-refractivity contribution is -0.110. The van der Waals surface area contributed by atoms with E-state index >= 15 is 0 Å². The van der Waals surface area contributed by atoms with Crippen LogP contribution in [0.3, 0.4) is 0 Å². The molecule has 0 radical (unpaired) electrons. The highest BCUT2D eigenvalue weighted by Crippen LogP contribution is 2.35. The minimum absolute atomic E-state index is 0.119. The van der Waals surface area contributed by atoms with Gasteiger partial charge in [-0.1, -0.05) is 11.6 Å². The summed E-state index contributed by atoms with van der Waals surface area (Å²) in [5, 5.41) is 16.7. The second-order valence-corrected chi connectivity index (χ2v) is 9.64. The maximum atomic E-state index is 13.0. The first kappa shape index (κ1) is 24.5. The second kappa shape index (κ2) is 9.92. The quantitative estimate of drug-likeness (QED) is 0.470. The number of nitrogens with one attached hydrogen (secondary N) is 3. The molecule has 4 N–H and O–H groups in total. The van der Waals surface area contributed by atoms with Crippen LogP contribution in [0.15, 0.2) is 18.2 Å². The first-order chi connectivity index (χ1) is 16.1. The van der Waals surface area contributed by atoms with Gasteiger partial charge in [0.15, 0.2) is 0 Å². The third-order valence-electron chi connectivity index (χ3n) is 6.22. The SMILES string of the molecule is Cc1[nH]c(/C=C2\C(=O)Nc3ccc(Cl)cc32)c(C)c1C(=O)NCC(O)CN1C[C@@H](C)O[C@@H](C)C1. The van der Waals surface area contributed by atoms with E-state index in [2.05, 4.69) is 20.5 Å². The number of aromatic nitrogens is 1. The predicted molar refractivity (Wildman–Crippen MR) is 133 cm³/mol. The van der Waals surface area contributed by atoms with Gasteiger partial charge in [0.25, 0.3) is 11.8 Å². The van der Waals surface area contributed by atoms with Gasteiger partial charge in [-0.05, 0) is 57.5 Å². The molecule has 2 amide bonds. The van der Waals surface area contributed by atoms with E-state index in [-0.39, 0.29) is 30.6 Å². The standard InChI is InChI=1S/C25H31ClN4O4/c1-13-10-30(11-14(2)34-13)12-18(31)9-27-25(33)23-15(3)22(28-16(23)4)8-20-19-7-17(26)5-6-21(19)29-24(20)32/h5-8,13-14,18,28,31H,9-12H2,1-4H3,(H,27,33)(H,29,32)/b20-8-/t13-,14+,18?. The molecule has 8 nitrogen and oxygen atoms in total. The molecule has 4 rings (SSSR count). The molecule has 2 aromatic rings. The van der Waals surface area contributed by atoms with Crippen LogP contribution in [0, 0.1) is 13.8 Å². The van der Waals surface area contributed by atoms with Gasteiger partial charge in [-0.2, -0.15) is 0 Å². The van der Waals surface area contributed by atoms with Crippen molar-refractivity contribution in [3.63, 3.8) is 0 Å². The zero-order valence-corrected chi connectivity index (χ0v) is 20.6. The van der Waals surface area contributed by atoms with Crippen LogP contribution in [0.1, 0.15) is 46.7 Å². The van der Waals surface area contributed by atoms with Gasteiger partial charge in [-0.25, -0.2) is 0 Å². The number of morpholine rings is 1. The molecule has 34 heavy (non-hydrogen) atoms. The van der Waals surface area contributed by atoms with Crippen molar-refractivity contribution in [2.45, 2.75) is 46.0 Å². The number of aryl methyl sites for hydroxylation is 1. The number of carbonyl (C=O) groups excluding carboxylic acids is 2. The highest BCUT2D eigenvalue weighted by atomic mass is 35.5. The van der Waals surface area contributed by atoms with Gasteiger partial charge in [0, 0.05) is 53.8 Å². The maximum Gasteiger partial charge on any atom is 0.256 e. The fourth-order valence-electron chi connectivity index (χ4n) is 4.80. The Hall–Kier alpha value is -2.65. The summed E-state index contributed by atoms with van der Waals surface area (Å²) in [6, 6.07) is 5.24. The van der Waals surface area contributed by atoms with Crippen LogP contribution in [0.2, 0.25) is 5.02 Å². The number of β-amino-alcohol motifs (C(OH)–C–C–N with tert-alkyl or cyclic N) is 1. The number of hydrogen-bond acceptors (Lipinski definition) is 5. The molecule has 3 heterocycles. The summed E-state index contributed by atoms with van der Waals surface area (Å²) < 4.78 is 5.73. The molecule has 2 aliphatic rings. The highest BCUT2D eigenvalue weighted by molar-refractivity contribution is 6.36. The van der Waals surface area contributed by atoms with Crippen LogP contribution in [-0.2, 0) is 9.53 Å². The summed E-state index contributed by atoms with van der Waals surface area (Å²) in [7, 11) is 0. The second-order valence-electron chi connectivity index (χ2n) is 9.21. The first-order valence-corrected chi connectivity index (χ1v) is 11.9. The average molecular weight is 487 g/mol. The van der Waals surface area contributed by atoms with Crippen LogP contribution in [0.25, 0.3) is 11.6 Å². The van der Waals surface area contributed by atoms with Crippen LogP contribution in [0.4, 0.5) is 5.69 Å². The van der Waals surface area contributed by atoms with E-state index in [4.69, 9.17) is 16.3 Å². The summed E-state index contributed by atoms with van der Waals surface area (Å²) in [5.74, 6) is -0.484. The molecule has 0 spiro atoms. The lowest BCUT2D eigenvalue weighted by Crippen LogP contribution is -2.49. The molecule has 1 fully saturated rings. The number of aliphatic hydroxyl groups is 1. The number of hydrogen-bond donors (Lipinski definition) is 4. The maximum absolute atomic E-state index is 13.0. The van der Waals surface area contributed by atoms with Crippen molar-refractivity contribution in [3.8, 4) is 0 Å². The third kappa shape index (κ3) is 5.20. The molecule has 2 aliphatic heterocycles. The molecule has 1 unspecified atom stereocenters. The Morgan fingerprint density at radius 3 is 2.74 bits per heavy atom. The molecule has 0 bridgehead atoms. The van der Waals surface area contributed by atoms with Gasteiger partial charge >= 0.3 is 0 Å². The molecule has 1 aromatic heterocycles. The fraction of sp³-hybridized carbons (Fsp3) is 0.440. The Balaban J connectivity index is 1.44. The molecule has 0 aliphatic carbocycles. The lowest BCUT2D eigenvalue weighted by Gasteiger charge is -2.36. The van der Waals surface area contributed by atoms with E-state index in [0.29, 0.717) is 39.8 Å². The van der Waals surface area contributed by atoms with Crippen LogP contribution in [-0.4, -0.2) is 71.3 Å². The largest absolute Gasteiger partial charge is 0.390 e. The first-order valence-electron chi connectivity index (χ1n) is 11.5. The molecule has 1 saturated heterocycles. The Morgan fingerprint density at radius 2 is 2.03 bits per heavy atom. The lowest BCUT2D eigenvalue weighted by atomic mass is 10.0. The van der Waals surface area contributed by atoms with E-state index in [1.54, 1.807) is 24.3 Å². The molecule has 0 saturated carbocycles. The van der Waals surface area contributed by atoms with Crippen molar-refractivity contribution in [2.75, 3.05) is 31.5 Å². The summed E-state index contributed by atoms with van der Waals surface area (Å²) >= 11 is 6.12. The highest BCUT2D eigenvalue weighted by Gasteiger charge is 2.27. The Kier molecular flexibility index (Phi) is 7.14. The minimum atomic E-state index is -0.689. The number of H-pyrrole nitrogens is 1. The average Bonchev–Trinajstić information content (AvgIpc) is 3.20. The number of anilines is 1. The third-order valence-corrected chi connectivity index (χ3v) is 6.45. The monoisotopic (exact) mass is 486 g/mol. The Bertz CT molecular complexity index is 1130. The normalized spacial score (nSPS) is 22.5. The van der Waals surface area contributed by atoms with Crippen molar-refractivity contribution in [1.29, 1.82) is 0 Å². The van der Waals surface area contributed by atoms with E-state index in [0.717, 1.165) is 24.2 Å². The summed E-state index contributed by atoms with van der Waals surface area (Å²) in [6.45, 7) is 9.81. The molecule has 1 aromatic carbocycles. The van der Waals surface area contributed by atoms with Crippen molar-refractivity contribution >= 4 is 40.8 Å². The van der Waals surface area contributed by atoms with Crippen LogP contribution in [0.5, 0.6) is 0 Å². The van der Waals surface area contributed by atoms with E-state index in [1.807, 2.05) is 27.7 Å². The molecule has 9 heteroatoms. The number of aromatic amines is 1. The smallest absolute Gasteiger partial charge is 0.256 e. The fourth-order valence-corrected chi connectivity index (χ4v) is 4.97. The van der Waals surface area contributed by atoms with E-state index in [9.17, 15) is 14.7 Å². The zero-order valence-electron chi connectivity index (χ0n) is 19.9. The van der Waals surface area contributed by atoms with Crippen molar-refractivity contribution in [1.82, 2.24) is 15.2 Å². The topological polar surface area (TPSA) is 107 Å². The number of fused-ring (bicyclic) bond motifs is 1. The number of amides is 2. The number of aliphatic hydroxyl groups excluding tert-OH is 1. The van der Waals surface area contributed by atoms with E-state index in [1.165, 1.54) is 0 Å². The van der Waals surface area contributed by atoms with E-state index < -0.39 is 6.10 Å². The number of halogens is 1. The van der Waals surface area contributed by atoms with Gasteiger partial charge < -0.3 is 25.5 Å². The Morgan fingerprint density at radius 1 is 1.32 bits per heavy atom. The summed E-state index contributed by atoms with van der Waals surface area (Å²) in [4.78, 5) is 30.8. The van der Waals surface area contributed by atoms with Crippen molar-refractivity contribution in [2.24, 2.45) is 0 Å².